The van der Waals surface area contributed by atoms with Crippen molar-refractivity contribution in [1.29, 1.82) is 0 Å². The summed E-state index contributed by atoms with van der Waals surface area (Å²) in [6.07, 6.45) is 1.03. The fourth-order valence-electron chi connectivity index (χ4n) is 2.39. The van der Waals surface area contributed by atoms with E-state index in [0.29, 0.717) is 11.8 Å². The molecule has 2 aromatic rings. The lowest BCUT2D eigenvalue weighted by Crippen LogP contribution is -2.01. The fourth-order valence-corrected chi connectivity index (χ4v) is 2.51. The molecule has 2 rings (SSSR count). The van der Waals surface area contributed by atoms with Gasteiger partial charge < -0.3 is 0 Å². The van der Waals surface area contributed by atoms with Crippen LogP contribution in [0.3, 0.4) is 0 Å². The molecule has 0 aliphatic rings. The lowest BCUT2D eigenvalue weighted by molar-refractivity contribution is 0.588. The van der Waals surface area contributed by atoms with Crippen LogP contribution in [-0.4, -0.2) is 0 Å². The molecule has 2 atom stereocenters. The van der Waals surface area contributed by atoms with E-state index in [9.17, 15) is 4.39 Å². The highest BCUT2D eigenvalue weighted by Gasteiger charge is 2.12. The molecule has 0 nitrogen and oxygen atoms in total. The first-order chi connectivity index (χ1) is 9.06. The molecule has 0 saturated heterocycles. The Hall–Kier alpha value is -1.34. The third-order valence-corrected chi connectivity index (χ3v) is 3.84. The molecule has 0 spiro atoms. The summed E-state index contributed by atoms with van der Waals surface area (Å²) in [6.45, 7) is 4.39. The maximum atomic E-state index is 12.9. The molecule has 0 radical (unpaired) electrons. The van der Waals surface area contributed by atoms with Gasteiger partial charge in [0.2, 0.25) is 0 Å². The molecule has 2 heteroatoms. The molecular weight excluding hydrogens is 259 g/mol. The Bertz CT molecular complexity index is 466. The van der Waals surface area contributed by atoms with Crippen LogP contribution in [0, 0.1) is 5.82 Å². The number of hydrogen-bond donors (Lipinski definition) is 0. The second kappa shape index (κ2) is 6.21. The van der Waals surface area contributed by atoms with Crippen LogP contribution in [0.1, 0.15) is 43.2 Å². The zero-order chi connectivity index (χ0) is 13.8. The Balaban J connectivity index is 2.03. The van der Waals surface area contributed by atoms with Gasteiger partial charge in [0.15, 0.2) is 0 Å². The van der Waals surface area contributed by atoms with Crippen molar-refractivity contribution in [3.8, 4) is 0 Å². The highest BCUT2D eigenvalue weighted by molar-refractivity contribution is 6.30. The van der Waals surface area contributed by atoms with Crippen LogP contribution >= 0.6 is 11.6 Å². The quantitative estimate of drug-likeness (QED) is 0.664. The van der Waals surface area contributed by atoms with Crippen LogP contribution in [0.25, 0.3) is 0 Å². The van der Waals surface area contributed by atoms with Crippen molar-refractivity contribution in [1.82, 2.24) is 0 Å². The molecule has 100 valence electrons. The van der Waals surface area contributed by atoms with Gasteiger partial charge in [-0.1, -0.05) is 49.7 Å². The molecule has 0 aromatic heterocycles. The minimum Gasteiger partial charge on any atom is -0.207 e. The highest BCUT2D eigenvalue weighted by Crippen LogP contribution is 2.29. The average Bonchev–Trinajstić information content (AvgIpc) is 2.40. The van der Waals surface area contributed by atoms with Gasteiger partial charge in [-0.15, -0.1) is 0 Å². The number of rotatable bonds is 4. The first kappa shape index (κ1) is 14.1. The summed E-state index contributed by atoms with van der Waals surface area (Å²) in [5.41, 5.74) is 2.47. The summed E-state index contributed by atoms with van der Waals surface area (Å²) in [5.74, 6) is 0.685. The average molecular weight is 277 g/mol. The molecule has 0 bridgehead atoms. The van der Waals surface area contributed by atoms with Gasteiger partial charge in [0.25, 0.3) is 0 Å². The van der Waals surface area contributed by atoms with E-state index in [-0.39, 0.29) is 5.82 Å². The molecule has 2 aromatic carbocycles. The smallest absolute Gasteiger partial charge is 0.123 e. The van der Waals surface area contributed by atoms with E-state index in [0.717, 1.165) is 11.4 Å². The van der Waals surface area contributed by atoms with Gasteiger partial charge in [-0.2, -0.15) is 0 Å². The second-order valence-electron chi connectivity index (χ2n) is 5.14. The van der Waals surface area contributed by atoms with Crippen LogP contribution in [0.2, 0.25) is 5.02 Å². The number of benzene rings is 2. The molecule has 0 N–H and O–H groups in total. The molecule has 0 fully saturated rings. The van der Waals surface area contributed by atoms with E-state index in [1.165, 1.54) is 23.3 Å². The van der Waals surface area contributed by atoms with Crippen LogP contribution in [0.15, 0.2) is 48.5 Å². The molecule has 0 amide bonds. The van der Waals surface area contributed by atoms with Crippen molar-refractivity contribution in [2.45, 2.75) is 32.1 Å². The van der Waals surface area contributed by atoms with E-state index in [2.05, 4.69) is 26.0 Å². The van der Waals surface area contributed by atoms with Gasteiger partial charge in [0.1, 0.15) is 5.82 Å². The maximum absolute atomic E-state index is 12.9. The van der Waals surface area contributed by atoms with Crippen molar-refractivity contribution in [3.63, 3.8) is 0 Å². The second-order valence-corrected chi connectivity index (χ2v) is 5.58. The standard InChI is InChI=1S/C17H18ClF/c1-12(14-3-7-16(18)8-4-14)11-13(2)15-5-9-17(19)10-6-15/h3-10,12-13H,11H2,1-2H3. The lowest BCUT2D eigenvalue weighted by Gasteiger charge is -2.18. The largest absolute Gasteiger partial charge is 0.207 e. The van der Waals surface area contributed by atoms with Gasteiger partial charge in [0.05, 0.1) is 0 Å². The molecular formula is C17H18ClF. The van der Waals surface area contributed by atoms with E-state index < -0.39 is 0 Å². The monoisotopic (exact) mass is 276 g/mol. The van der Waals surface area contributed by atoms with Gasteiger partial charge in [-0.3, -0.25) is 0 Å². The van der Waals surface area contributed by atoms with Crippen molar-refractivity contribution in [2.24, 2.45) is 0 Å². The van der Waals surface area contributed by atoms with Gasteiger partial charge >= 0.3 is 0 Å². The first-order valence-electron chi connectivity index (χ1n) is 6.57. The molecule has 0 aliphatic carbocycles. The van der Waals surface area contributed by atoms with E-state index >= 15 is 0 Å². The van der Waals surface area contributed by atoms with Gasteiger partial charge in [-0.25, -0.2) is 4.39 Å². The summed E-state index contributed by atoms with van der Waals surface area (Å²) in [4.78, 5) is 0. The predicted octanol–water partition coefficient (Wildman–Crippen LogP) is 5.78. The molecule has 0 saturated carbocycles. The normalized spacial score (nSPS) is 14.1. The Morgan fingerprint density at radius 1 is 0.842 bits per heavy atom. The Labute approximate surface area is 119 Å². The van der Waals surface area contributed by atoms with Gasteiger partial charge in [-0.05, 0) is 53.6 Å². The zero-order valence-electron chi connectivity index (χ0n) is 11.2. The third kappa shape index (κ3) is 3.81. The molecule has 19 heavy (non-hydrogen) atoms. The van der Waals surface area contributed by atoms with Crippen molar-refractivity contribution >= 4 is 11.6 Å². The summed E-state index contributed by atoms with van der Waals surface area (Å²) in [7, 11) is 0. The molecule has 2 unspecified atom stereocenters. The topological polar surface area (TPSA) is 0 Å². The first-order valence-corrected chi connectivity index (χ1v) is 6.95. The lowest BCUT2D eigenvalue weighted by atomic mass is 9.87. The molecule has 0 aliphatic heterocycles. The summed E-state index contributed by atoms with van der Waals surface area (Å²) in [5, 5.41) is 0.766. The highest BCUT2D eigenvalue weighted by atomic mass is 35.5. The Kier molecular flexibility index (Phi) is 4.60. The third-order valence-electron chi connectivity index (χ3n) is 3.59. The minimum absolute atomic E-state index is 0.179. The zero-order valence-corrected chi connectivity index (χ0v) is 12.0. The minimum atomic E-state index is -0.179. The van der Waals surface area contributed by atoms with Crippen LogP contribution in [0.4, 0.5) is 4.39 Å². The Morgan fingerprint density at radius 3 is 1.74 bits per heavy atom. The van der Waals surface area contributed by atoms with Crippen molar-refractivity contribution in [2.75, 3.05) is 0 Å². The van der Waals surface area contributed by atoms with Crippen LogP contribution < -0.4 is 0 Å². The van der Waals surface area contributed by atoms with E-state index in [4.69, 9.17) is 11.6 Å². The summed E-state index contributed by atoms with van der Waals surface area (Å²) >= 11 is 5.90. The summed E-state index contributed by atoms with van der Waals surface area (Å²) in [6, 6.07) is 14.8. The van der Waals surface area contributed by atoms with Crippen LogP contribution in [-0.2, 0) is 0 Å². The van der Waals surface area contributed by atoms with Crippen molar-refractivity contribution in [3.05, 3.63) is 70.5 Å². The Morgan fingerprint density at radius 2 is 1.26 bits per heavy atom. The van der Waals surface area contributed by atoms with Crippen LogP contribution in [0.5, 0.6) is 0 Å². The maximum Gasteiger partial charge on any atom is 0.123 e. The van der Waals surface area contributed by atoms with Crippen molar-refractivity contribution < 1.29 is 4.39 Å². The van der Waals surface area contributed by atoms with Gasteiger partial charge in [0, 0.05) is 5.02 Å². The van der Waals surface area contributed by atoms with E-state index in [1.54, 1.807) is 0 Å². The number of halogens is 2. The number of hydrogen-bond acceptors (Lipinski definition) is 0. The predicted molar refractivity (Wildman–Crippen MR) is 79.3 cm³/mol. The van der Waals surface area contributed by atoms with E-state index in [1.807, 2.05) is 24.3 Å². The molecule has 0 heterocycles. The summed E-state index contributed by atoms with van der Waals surface area (Å²) < 4.78 is 12.9. The SMILES string of the molecule is CC(CC(C)c1ccc(Cl)cc1)c1ccc(F)cc1. The fraction of sp³-hybridized carbons (Fsp3) is 0.294.